The van der Waals surface area contributed by atoms with Gasteiger partial charge in [0.2, 0.25) is 0 Å². The van der Waals surface area contributed by atoms with Crippen LogP contribution in [-0.2, 0) is 16.0 Å². The van der Waals surface area contributed by atoms with Crippen molar-refractivity contribution in [3.63, 3.8) is 0 Å². The highest BCUT2D eigenvalue weighted by atomic mass is 19.3. The molecule has 96 valence electrons. The molecule has 1 saturated heterocycles. The Kier molecular flexibility index (Phi) is 3.43. The molecule has 1 aliphatic rings. The highest BCUT2D eigenvalue weighted by Crippen LogP contribution is 2.29. The first-order valence-corrected chi connectivity index (χ1v) is 5.52. The maximum atomic E-state index is 13.2. The zero-order valence-corrected chi connectivity index (χ0v) is 9.61. The van der Waals surface area contributed by atoms with Crippen LogP contribution in [0.3, 0.4) is 0 Å². The molecule has 1 fully saturated rings. The molecule has 3 nitrogen and oxygen atoms in total. The Balaban J connectivity index is 2.28. The first-order chi connectivity index (χ1) is 8.58. The van der Waals surface area contributed by atoms with Crippen molar-refractivity contribution in [2.24, 2.45) is 0 Å². The average molecular weight is 253 g/mol. The highest BCUT2D eigenvalue weighted by Gasteiger charge is 2.54. The maximum Gasteiger partial charge on any atom is 0.334 e. The van der Waals surface area contributed by atoms with Crippen LogP contribution in [0.4, 0.5) is 8.78 Å². The highest BCUT2D eigenvalue weighted by molar-refractivity contribution is 5.84. The minimum atomic E-state index is -2.85. The molecule has 1 aromatic rings. The first-order valence-electron chi connectivity index (χ1n) is 5.52. The molecule has 0 aromatic heterocycles. The molecule has 2 rings (SSSR count). The van der Waals surface area contributed by atoms with E-state index in [0.29, 0.717) is 5.56 Å². The fourth-order valence-electron chi connectivity index (χ4n) is 1.94. The summed E-state index contributed by atoms with van der Waals surface area (Å²) in [6.07, 6.45) is -2.55. The third-order valence-corrected chi connectivity index (χ3v) is 2.91. The lowest BCUT2D eigenvalue weighted by Gasteiger charge is -2.24. The van der Waals surface area contributed by atoms with Crippen LogP contribution >= 0.6 is 0 Å². The van der Waals surface area contributed by atoms with Crippen molar-refractivity contribution in [3.05, 3.63) is 48.6 Å². The van der Waals surface area contributed by atoms with E-state index in [4.69, 9.17) is 4.74 Å². The molecule has 18 heavy (non-hydrogen) atoms. The van der Waals surface area contributed by atoms with Crippen LogP contribution < -0.4 is 5.32 Å². The molecule has 1 heterocycles. The van der Waals surface area contributed by atoms with E-state index in [1.165, 1.54) is 6.08 Å². The molecule has 0 aliphatic carbocycles. The van der Waals surface area contributed by atoms with Crippen molar-refractivity contribution >= 4 is 5.97 Å². The molecule has 0 bridgehead atoms. The summed E-state index contributed by atoms with van der Waals surface area (Å²) in [5.41, 5.74) is -1.34. The Morgan fingerprint density at radius 3 is 2.61 bits per heavy atom. The van der Waals surface area contributed by atoms with Crippen molar-refractivity contribution in [2.75, 3.05) is 0 Å². The summed E-state index contributed by atoms with van der Waals surface area (Å²) in [6, 6.07) is 8.64. The predicted molar refractivity (Wildman–Crippen MR) is 62.1 cm³/mol. The van der Waals surface area contributed by atoms with Crippen LogP contribution in [0.25, 0.3) is 0 Å². The molecular weight excluding hydrogens is 240 g/mol. The quantitative estimate of drug-likeness (QED) is 0.658. The van der Waals surface area contributed by atoms with E-state index >= 15 is 0 Å². The summed E-state index contributed by atoms with van der Waals surface area (Å²) in [4.78, 5) is 11.7. The third-order valence-electron chi connectivity index (χ3n) is 2.91. The third kappa shape index (κ3) is 2.13. The van der Waals surface area contributed by atoms with Crippen molar-refractivity contribution in [2.45, 2.75) is 24.6 Å². The fourth-order valence-corrected chi connectivity index (χ4v) is 1.94. The van der Waals surface area contributed by atoms with Crippen LogP contribution in [0, 0.1) is 0 Å². The van der Waals surface area contributed by atoms with Gasteiger partial charge in [-0.3, -0.25) is 5.32 Å². The Labute approximate surface area is 103 Å². The topological polar surface area (TPSA) is 38.3 Å². The zero-order valence-electron chi connectivity index (χ0n) is 9.61. The lowest BCUT2D eigenvalue weighted by atomic mass is 9.92. The van der Waals surface area contributed by atoms with Crippen LogP contribution in [0.1, 0.15) is 5.56 Å². The summed E-state index contributed by atoms with van der Waals surface area (Å²) < 4.78 is 31.3. The number of benzene rings is 1. The second-order valence-corrected chi connectivity index (χ2v) is 4.14. The maximum absolute atomic E-state index is 13.2. The molecule has 2 atom stereocenters. The zero-order chi connectivity index (χ0) is 13.2. The summed E-state index contributed by atoms with van der Waals surface area (Å²) >= 11 is 0. The van der Waals surface area contributed by atoms with E-state index in [9.17, 15) is 13.6 Å². The molecule has 1 aliphatic heterocycles. The van der Waals surface area contributed by atoms with Gasteiger partial charge in [0.05, 0.1) is 0 Å². The van der Waals surface area contributed by atoms with Crippen molar-refractivity contribution < 1.29 is 18.3 Å². The lowest BCUT2D eigenvalue weighted by Crippen LogP contribution is -2.55. The molecular formula is C13H13F2NO2. The number of hydrogen-bond donors (Lipinski definition) is 1. The van der Waals surface area contributed by atoms with Crippen LogP contribution in [0.5, 0.6) is 0 Å². The van der Waals surface area contributed by atoms with Crippen molar-refractivity contribution in [1.82, 2.24) is 5.32 Å². The van der Waals surface area contributed by atoms with Crippen molar-refractivity contribution in [1.29, 1.82) is 0 Å². The number of carbonyl (C=O) groups excluding carboxylic acids is 1. The summed E-state index contributed by atoms with van der Waals surface area (Å²) in [5.74, 6) is -0.939. The van der Waals surface area contributed by atoms with E-state index in [0.717, 1.165) is 0 Å². The minimum Gasteiger partial charge on any atom is -0.441 e. The largest absolute Gasteiger partial charge is 0.441 e. The number of esters is 1. The molecule has 1 N–H and O–H groups in total. The van der Waals surface area contributed by atoms with Crippen molar-refractivity contribution in [3.8, 4) is 0 Å². The van der Waals surface area contributed by atoms with Gasteiger partial charge < -0.3 is 4.74 Å². The Bertz CT molecular complexity index is 450. The van der Waals surface area contributed by atoms with E-state index < -0.39 is 24.2 Å². The second kappa shape index (κ2) is 4.86. The monoisotopic (exact) mass is 253 g/mol. The van der Waals surface area contributed by atoms with Gasteiger partial charge in [-0.25, -0.2) is 13.6 Å². The van der Waals surface area contributed by atoms with Gasteiger partial charge in [-0.1, -0.05) is 36.9 Å². The second-order valence-electron chi connectivity index (χ2n) is 4.14. The minimum absolute atomic E-state index is 0.116. The number of rotatable bonds is 4. The first kappa shape index (κ1) is 12.7. The van der Waals surface area contributed by atoms with E-state index in [1.807, 2.05) is 0 Å². The molecule has 0 saturated carbocycles. The average Bonchev–Trinajstić information content (AvgIpc) is 2.69. The van der Waals surface area contributed by atoms with Crippen LogP contribution in [0.15, 0.2) is 43.0 Å². The number of hydrogen-bond acceptors (Lipinski definition) is 3. The molecule has 0 amide bonds. The molecule has 2 unspecified atom stereocenters. The van der Waals surface area contributed by atoms with Gasteiger partial charge in [-0.05, 0) is 11.6 Å². The number of alkyl halides is 2. The normalized spacial score (nSPS) is 27.3. The van der Waals surface area contributed by atoms with Crippen LogP contribution in [-0.4, -0.2) is 24.2 Å². The number of halogens is 2. The molecule has 5 heteroatoms. The molecule has 0 spiro atoms. The van der Waals surface area contributed by atoms with E-state index in [-0.39, 0.29) is 6.42 Å². The lowest BCUT2D eigenvalue weighted by molar-refractivity contribution is -0.148. The number of ether oxygens (including phenoxy) is 1. The standard InChI is InChI=1S/C13H13F2NO2/c1-2-10-16-13(11(14)15,12(17)18-10)8-9-6-4-3-5-7-9/h2-7,10-11,16H,1,8H2. The fraction of sp³-hybridized carbons (Fsp3) is 0.308. The van der Waals surface area contributed by atoms with Gasteiger partial charge in [0.25, 0.3) is 6.43 Å². The van der Waals surface area contributed by atoms with Gasteiger partial charge in [0.1, 0.15) is 0 Å². The number of carbonyl (C=O) groups is 1. The van der Waals surface area contributed by atoms with Crippen LogP contribution in [0.2, 0.25) is 0 Å². The van der Waals surface area contributed by atoms with E-state index in [2.05, 4.69) is 11.9 Å². The summed E-state index contributed by atoms with van der Waals surface area (Å²) in [5, 5.41) is 2.51. The predicted octanol–water partition coefficient (Wildman–Crippen LogP) is 1.89. The van der Waals surface area contributed by atoms with Gasteiger partial charge in [-0.2, -0.15) is 0 Å². The smallest absolute Gasteiger partial charge is 0.334 e. The number of nitrogens with one attached hydrogen (secondary N) is 1. The van der Waals surface area contributed by atoms with Gasteiger partial charge in [-0.15, -0.1) is 0 Å². The Morgan fingerprint density at radius 2 is 2.11 bits per heavy atom. The van der Waals surface area contributed by atoms with Gasteiger partial charge in [0.15, 0.2) is 11.8 Å². The number of cyclic esters (lactones) is 1. The van der Waals surface area contributed by atoms with E-state index in [1.54, 1.807) is 30.3 Å². The molecule has 1 aromatic carbocycles. The molecule has 0 radical (unpaired) electrons. The van der Waals surface area contributed by atoms with Gasteiger partial charge >= 0.3 is 5.97 Å². The SMILES string of the molecule is C=CC1NC(Cc2ccccc2)(C(F)F)C(=O)O1. The Hall–Kier alpha value is -1.75. The van der Waals surface area contributed by atoms with Gasteiger partial charge in [0, 0.05) is 6.42 Å². The summed E-state index contributed by atoms with van der Waals surface area (Å²) in [7, 11) is 0. The Morgan fingerprint density at radius 1 is 1.44 bits per heavy atom. The summed E-state index contributed by atoms with van der Waals surface area (Å²) in [6.45, 7) is 3.42.